The van der Waals surface area contributed by atoms with Crippen molar-refractivity contribution in [3.05, 3.63) is 82.4 Å². The fourth-order valence-electron chi connectivity index (χ4n) is 4.45. The first-order valence-electron chi connectivity index (χ1n) is 10.3. The van der Waals surface area contributed by atoms with Gasteiger partial charge < -0.3 is 24.7 Å². The molecular formula is C25H25NO6. The van der Waals surface area contributed by atoms with Crippen LogP contribution >= 0.6 is 0 Å². The van der Waals surface area contributed by atoms with Crippen molar-refractivity contribution in [3.8, 4) is 11.5 Å². The van der Waals surface area contributed by atoms with E-state index >= 15 is 0 Å². The Morgan fingerprint density at radius 3 is 2.44 bits per heavy atom. The van der Waals surface area contributed by atoms with E-state index in [4.69, 9.17) is 24.7 Å². The number of hydrogen-bond acceptors (Lipinski definition) is 7. The Morgan fingerprint density at radius 2 is 1.78 bits per heavy atom. The Morgan fingerprint density at radius 1 is 1.03 bits per heavy atom. The van der Waals surface area contributed by atoms with Gasteiger partial charge in [0.05, 0.1) is 27.2 Å². The van der Waals surface area contributed by atoms with Crippen LogP contribution in [0.5, 0.6) is 11.5 Å². The summed E-state index contributed by atoms with van der Waals surface area (Å²) < 4.78 is 21.8. The van der Waals surface area contributed by atoms with Crippen molar-refractivity contribution < 1.29 is 28.5 Å². The lowest BCUT2D eigenvalue weighted by Gasteiger charge is -2.35. The summed E-state index contributed by atoms with van der Waals surface area (Å²) in [7, 11) is 4.33. The summed E-state index contributed by atoms with van der Waals surface area (Å²) in [5.41, 5.74) is 8.33. The molecule has 7 heteroatoms. The smallest absolute Gasteiger partial charge is 0.340 e. The van der Waals surface area contributed by atoms with Gasteiger partial charge in [-0.3, -0.25) is 4.79 Å². The third kappa shape index (κ3) is 3.70. The first-order valence-corrected chi connectivity index (χ1v) is 10.3. The van der Waals surface area contributed by atoms with Gasteiger partial charge in [-0.2, -0.15) is 0 Å². The molecule has 2 N–H and O–H groups in total. The van der Waals surface area contributed by atoms with Gasteiger partial charge in [-0.1, -0.05) is 30.3 Å². The predicted octanol–water partition coefficient (Wildman–Crippen LogP) is 3.56. The van der Waals surface area contributed by atoms with Crippen molar-refractivity contribution in [2.75, 3.05) is 21.3 Å². The minimum Gasteiger partial charge on any atom is -0.497 e. The number of carbonyl (C=O) groups is 2. The maximum atomic E-state index is 13.5. The Hall–Kier alpha value is -3.74. The Balaban J connectivity index is 1.88. The highest BCUT2D eigenvalue weighted by Gasteiger charge is 2.44. The third-order valence-electron chi connectivity index (χ3n) is 5.96. The molecule has 0 bridgehead atoms. The number of hydrogen-bond donors (Lipinski definition) is 1. The molecule has 2 atom stereocenters. The monoisotopic (exact) mass is 435 g/mol. The topological polar surface area (TPSA) is 97.1 Å². The summed E-state index contributed by atoms with van der Waals surface area (Å²) in [6.45, 7) is 0. The van der Waals surface area contributed by atoms with Crippen molar-refractivity contribution in [2.45, 2.75) is 24.7 Å². The van der Waals surface area contributed by atoms with Gasteiger partial charge in [0.1, 0.15) is 22.8 Å². The number of benzene rings is 2. The molecule has 0 fully saturated rings. The summed E-state index contributed by atoms with van der Waals surface area (Å²) in [6, 6.07) is 15.0. The van der Waals surface area contributed by atoms with Crippen LogP contribution in [0.3, 0.4) is 0 Å². The molecule has 0 radical (unpaired) electrons. The number of methoxy groups -OCH3 is 3. The van der Waals surface area contributed by atoms with Crippen LogP contribution in [0.4, 0.5) is 0 Å². The summed E-state index contributed by atoms with van der Waals surface area (Å²) in [6.07, 6.45) is 0.784. The highest BCUT2D eigenvalue weighted by molar-refractivity contribution is 6.04. The van der Waals surface area contributed by atoms with E-state index in [1.54, 1.807) is 25.3 Å². The van der Waals surface area contributed by atoms with Crippen LogP contribution < -0.4 is 15.2 Å². The first kappa shape index (κ1) is 21.5. The molecule has 2 aromatic rings. The van der Waals surface area contributed by atoms with E-state index in [0.29, 0.717) is 41.2 Å². The molecule has 0 saturated carbocycles. The van der Waals surface area contributed by atoms with Crippen LogP contribution in [-0.4, -0.2) is 33.1 Å². The van der Waals surface area contributed by atoms with Gasteiger partial charge in [0.15, 0.2) is 5.78 Å². The second kappa shape index (κ2) is 8.78. The van der Waals surface area contributed by atoms with Gasteiger partial charge >= 0.3 is 5.97 Å². The molecule has 1 heterocycles. The van der Waals surface area contributed by atoms with Gasteiger partial charge in [0, 0.05) is 24.0 Å². The zero-order valence-corrected chi connectivity index (χ0v) is 18.2. The van der Waals surface area contributed by atoms with Crippen molar-refractivity contribution in [3.63, 3.8) is 0 Å². The minimum absolute atomic E-state index is 0.0391. The molecule has 2 unspecified atom stereocenters. The summed E-state index contributed by atoms with van der Waals surface area (Å²) >= 11 is 0. The lowest BCUT2D eigenvalue weighted by Crippen LogP contribution is -2.33. The third-order valence-corrected chi connectivity index (χ3v) is 5.96. The molecule has 32 heavy (non-hydrogen) atoms. The van der Waals surface area contributed by atoms with Gasteiger partial charge in [0.2, 0.25) is 5.88 Å². The van der Waals surface area contributed by atoms with Gasteiger partial charge in [-0.05, 0) is 29.7 Å². The fraction of sp³-hybridized carbons (Fsp3) is 0.280. The maximum absolute atomic E-state index is 13.5. The number of allylic oxidation sites excluding steroid dienone is 2. The van der Waals surface area contributed by atoms with Crippen molar-refractivity contribution >= 4 is 11.8 Å². The highest BCUT2D eigenvalue weighted by atomic mass is 16.5. The zero-order chi connectivity index (χ0) is 22.8. The van der Waals surface area contributed by atoms with E-state index < -0.39 is 11.9 Å². The summed E-state index contributed by atoms with van der Waals surface area (Å²) in [5.74, 6) is -0.157. The van der Waals surface area contributed by atoms with E-state index in [9.17, 15) is 9.59 Å². The summed E-state index contributed by atoms with van der Waals surface area (Å²) in [4.78, 5) is 26.2. The number of esters is 1. The quantitative estimate of drug-likeness (QED) is 0.717. The highest BCUT2D eigenvalue weighted by Crippen LogP contribution is 2.49. The van der Waals surface area contributed by atoms with E-state index in [1.807, 2.05) is 30.3 Å². The molecule has 0 aromatic heterocycles. The lowest BCUT2D eigenvalue weighted by molar-refractivity contribution is -0.136. The van der Waals surface area contributed by atoms with E-state index in [-0.39, 0.29) is 23.2 Å². The van der Waals surface area contributed by atoms with Gasteiger partial charge in [0.25, 0.3) is 0 Å². The Labute approximate surface area is 186 Å². The molecule has 2 aliphatic rings. The Kier molecular flexibility index (Phi) is 5.90. The molecule has 166 valence electrons. The van der Waals surface area contributed by atoms with Gasteiger partial charge in [-0.15, -0.1) is 0 Å². The van der Waals surface area contributed by atoms with Crippen molar-refractivity contribution in [1.82, 2.24) is 0 Å². The average Bonchev–Trinajstić information content (AvgIpc) is 2.82. The number of ether oxygens (including phenoxy) is 4. The summed E-state index contributed by atoms with van der Waals surface area (Å²) in [5, 5.41) is 0. The molecule has 0 spiro atoms. The van der Waals surface area contributed by atoms with Crippen LogP contribution in [0, 0.1) is 0 Å². The molecular weight excluding hydrogens is 410 g/mol. The molecule has 0 amide bonds. The second-order valence-corrected chi connectivity index (χ2v) is 7.69. The normalized spacial score (nSPS) is 20.4. The van der Waals surface area contributed by atoms with Crippen LogP contribution in [-0.2, 0) is 19.1 Å². The molecule has 0 saturated heterocycles. The number of Topliss-reactive ketones (excluding diaryl/α,β-unsaturated/α-hetero) is 1. The first-order chi connectivity index (χ1) is 15.5. The number of rotatable bonds is 5. The maximum Gasteiger partial charge on any atom is 0.340 e. The lowest BCUT2D eigenvalue weighted by atomic mass is 9.73. The van der Waals surface area contributed by atoms with E-state index in [1.165, 1.54) is 14.2 Å². The number of carbonyl (C=O) groups excluding carboxylic acids is 2. The molecule has 1 aliphatic heterocycles. The van der Waals surface area contributed by atoms with E-state index in [2.05, 4.69) is 0 Å². The molecule has 7 nitrogen and oxygen atoms in total. The van der Waals surface area contributed by atoms with E-state index in [0.717, 1.165) is 5.56 Å². The second-order valence-electron chi connectivity index (χ2n) is 7.69. The number of ketones is 1. The fourth-order valence-corrected chi connectivity index (χ4v) is 4.45. The van der Waals surface area contributed by atoms with Crippen LogP contribution in [0.25, 0.3) is 0 Å². The standard InChI is InChI=1S/C25H25NO6/c1-29-16-9-10-19(30-2)17(13-16)21-22-18(27)11-15(14-7-5-4-6-8-14)12-20(22)32-24(26)23(21)25(28)31-3/h4-10,13,15,21H,11-12,26H2,1-3H3. The van der Waals surface area contributed by atoms with Crippen LogP contribution in [0.15, 0.2) is 71.3 Å². The van der Waals surface area contributed by atoms with Gasteiger partial charge in [-0.25, -0.2) is 4.79 Å². The molecule has 1 aliphatic carbocycles. The van der Waals surface area contributed by atoms with Crippen LogP contribution in [0.2, 0.25) is 0 Å². The van der Waals surface area contributed by atoms with Crippen molar-refractivity contribution in [1.29, 1.82) is 0 Å². The minimum atomic E-state index is -0.791. The Bertz CT molecular complexity index is 1120. The molecule has 2 aromatic carbocycles. The predicted molar refractivity (Wildman–Crippen MR) is 117 cm³/mol. The number of nitrogens with two attached hydrogens (primary N) is 1. The average molecular weight is 435 g/mol. The largest absolute Gasteiger partial charge is 0.497 e. The zero-order valence-electron chi connectivity index (χ0n) is 18.2. The van der Waals surface area contributed by atoms with Crippen molar-refractivity contribution in [2.24, 2.45) is 5.73 Å². The molecule has 4 rings (SSSR count). The van der Waals surface area contributed by atoms with Crippen LogP contribution in [0.1, 0.15) is 35.8 Å². The SMILES string of the molecule is COC(=O)C1=C(N)OC2=C(C(=O)CC(c3ccccc3)C2)C1c1cc(OC)ccc1OC.